The highest BCUT2D eigenvalue weighted by atomic mass is 32.2. The number of urea groups is 1. The molecule has 0 bridgehead atoms. The van der Waals surface area contributed by atoms with Gasteiger partial charge in [0.25, 0.3) is 0 Å². The molecule has 8 nitrogen and oxygen atoms in total. The van der Waals surface area contributed by atoms with Gasteiger partial charge in [0.05, 0.1) is 23.7 Å². The van der Waals surface area contributed by atoms with Gasteiger partial charge in [-0.3, -0.25) is 0 Å². The summed E-state index contributed by atoms with van der Waals surface area (Å²) in [5.74, 6) is -1.55. The molecule has 1 aliphatic rings. The van der Waals surface area contributed by atoms with Crippen molar-refractivity contribution < 1.29 is 28.2 Å². The van der Waals surface area contributed by atoms with Crippen LogP contribution < -0.4 is 10.6 Å². The van der Waals surface area contributed by atoms with Crippen LogP contribution in [0.15, 0.2) is 0 Å². The molecular weight excluding hydrogens is 264 g/mol. The molecule has 18 heavy (non-hydrogen) atoms. The second-order valence-electron chi connectivity index (χ2n) is 4.57. The lowest BCUT2D eigenvalue weighted by atomic mass is 10.0. The fourth-order valence-corrected chi connectivity index (χ4v) is 3.86. The van der Waals surface area contributed by atoms with E-state index >= 15 is 0 Å². The molecule has 0 aromatic carbocycles. The van der Waals surface area contributed by atoms with Crippen LogP contribution in [0.5, 0.6) is 0 Å². The molecule has 1 rings (SSSR count). The SMILES string of the molecule is CC1(NC(=O)N[C@@H](CO)C(=O)O)CCS(=O)(=O)C1. The average molecular weight is 280 g/mol. The zero-order chi connectivity index (χ0) is 14.0. The van der Waals surface area contributed by atoms with Crippen molar-refractivity contribution in [3.63, 3.8) is 0 Å². The van der Waals surface area contributed by atoms with Gasteiger partial charge in [-0.15, -0.1) is 0 Å². The molecule has 2 atom stereocenters. The van der Waals surface area contributed by atoms with Crippen molar-refractivity contribution >= 4 is 21.8 Å². The van der Waals surface area contributed by atoms with Crippen molar-refractivity contribution in [1.82, 2.24) is 10.6 Å². The Bertz CT molecular complexity index is 448. The average Bonchev–Trinajstić information content (AvgIpc) is 2.48. The van der Waals surface area contributed by atoms with E-state index in [2.05, 4.69) is 10.6 Å². The molecule has 1 heterocycles. The van der Waals surface area contributed by atoms with Crippen molar-refractivity contribution in [2.75, 3.05) is 18.1 Å². The van der Waals surface area contributed by atoms with E-state index in [4.69, 9.17) is 10.2 Å². The molecule has 1 aliphatic heterocycles. The first-order chi connectivity index (χ1) is 8.17. The standard InChI is InChI=1S/C9H16N2O6S/c1-9(2-3-18(16,17)5-9)11-8(15)10-6(4-12)7(13)14/h6,12H,2-5H2,1H3,(H,13,14)(H2,10,11,15)/t6-,9?/m0/s1. The largest absolute Gasteiger partial charge is 0.480 e. The zero-order valence-corrected chi connectivity index (χ0v) is 10.7. The van der Waals surface area contributed by atoms with Crippen LogP contribution in [-0.2, 0) is 14.6 Å². The molecule has 0 aliphatic carbocycles. The van der Waals surface area contributed by atoms with Gasteiger partial charge in [-0.1, -0.05) is 0 Å². The normalized spacial score (nSPS) is 27.4. The van der Waals surface area contributed by atoms with Crippen molar-refractivity contribution in [3.8, 4) is 0 Å². The molecule has 104 valence electrons. The molecule has 0 aromatic rings. The van der Waals surface area contributed by atoms with Crippen molar-refractivity contribution in [3.05, 3.63) is 0 Å². The molecule has 0 saturated carbocycles. The van der Waals surface area contributed by atoms with Crippen LogP contribution in [0.4, 0.5) is 4.79 Å². The lowest BCUT2D eigenvalue weighted by Gasteiger charge is -2.25. The minimum atomic E-state index is -3.16. The molecule has 0 radical (unpaired) electrons. The first-order valence-corrected chi connectivity index (χ1v) is 7.12. The van der Waals surface area contributed by atoms with Crippen LogP contribution in [0.2, 0.25) is 0 Å². The summed E-state index contributed by atoms with van der Waals surface area (Å²) in [6.45, 7) is 0.837. The first kappa shape index (κ1) is 14.7. The fraction of sp³-hybridized carbons (Fsp3) is 0.778. The van der Waals surface area contributed by atoms with Gasteiger partial charge in [-0.05, 0) is 13.3 Å². The number of carbonyl (C=O) groups is 2. The Morgan fingerprint density at radius 3 is 2.44 bits per heavy atom. The van der Waals surface area contributed by atoms with Crippen LogP contribution in [0.1, 0.15) is 13.3 Å². The van der Waals surface area contributed by atoms with Gasteiger partial charge < -0.3 is 20.8 Å². The minimum Gasteiger partial charge on any atom is -0.480 e. The van der Waals surface area contributed by atoms with Crippen LogP contribution >= 0.6 is 0 Å². The predicted octanol–water partition coefficient (Wildman–Crippen LogP) is -1.69. The predicted molar refractivity (Wildman–Crippen MR) is 61.9 cm³/mol. The summed E-state index contributed by atoms with van der Waals surface area (Å²) in [5.41, 5.74) is -0.901. The smallest absolute Gasteiger partial charge is 0.328 e. The number of carbonyl (C=O) groups excluding carboxylic acids is 1. The summed E-state index contributed by atoms with van der Waals surface area (Å²) < 4.78 is 22.6. The van der Waals surface area contributed by atoms with Crippen molar-refractivity contribution in [2.45, 2.75) is 24.9 Å². The van der Waals surface area contributed by atoms with E-state index in [9.17, 15) is 18.0 Å². The maximum atomic E-state index is 11.5. The Balaban J connectivity index is 2.58. The fourth-order valence-electron chi connectivity index (χ4n) is 1.76. The number of sulfone groups is 1. The molecule has 1 saturated heterocycles. The van der Waals surface area contributed by atoms with Gasteiger partial charge in [0.2, 0.25) is 0 Å². The molecule has 9 heteroatoms. The second-order valence-corrected chi connectivity index (χ2v) is 6.76. The van der Waals surface area contributed by atoms with E-state index in [0.29, 0.717) is 0 Å². The number of nitrogens with one attached hydrogen (secondary N) is 2. The highest BCUT2D eigenvalue weighted by Crippen LogP contribution is 2.22. The number of amides is 2. The third kappa shape index (κ3) is 3.84. The van der Waals surface area contributed by atoms with Gasteiger partial charge in [0, 0.05) is 0 Å². The van der Waals surface area contributed by atoms with Gasteiger partial charge >= 0.3 is 12.0 Å². The van der Waals surface area contributed by atoms with Gasteiger partial charge in [0.1, 0.15) is 0 Å². The van der Waals surface area contributed by atoms with Crippen molar-refractivity contribution in [2.24, 2.45) is 0 Å². The van der Waals surface area contributed by atoms with Gasteiger partial charge in [-0.25, -0.2) is 18.0 Å². The van der Waals surface area contributed by atoms with Gasteiger partial charge in [0.15, 0.2) is 15.9 Å². The van der Waals surface area contributed by atoms with E-state index in [-0.39, 0.29) is 17.9 Å². The van der Waals surface area contributed by atoms with E-state index in [1.54, 1.807) is 6.92 Å². The number of carboxylic acid groups (broad SMARTS) is 1. The quantitative estimate of drug-likeness (QED) is 0.485. The second kappa shape index (κ2) is 5.11. The number of hydrogen-bond donors (Lipinski definition) is 4. The topological polar surface area (TPSA) is 133 Å². The van der Waals surface area contributed by atoms with E-state index in [0.717, 1.165) is 0 Å². The summed E-state index contributed by atoms with van der Waals surface area (Å²) in [7, 11) is -3.16. The summed E-state index contributed by atoms with van der Waals surface area (Å²) in [5, 5.41) is 21.8. The minimum absolute atomic E-state index is 0.00780. The summed E-state index contributed by atoms with van der Waals surface area (Å²) >= 11 is 0. The van der Waals surface area contributed by atoms with Crippen LogP contribution in [-0.4, -0.2) is 60.3 Å². The number of carboxylic acids is 1. The summed E-state index contributed by atoms with van der Waals surface area (Å²) in [4.78, 5) is 22.1. The van der Waals surface area contributed by atoms with E-state index in [1.807, 2.05) is 0 Å². The molecule has 1 fully saturated rings. The Hall–Kier alpha value is -1.35. The maximum Gasteiger partial charge on any atom is 0.328 e. The van der Waals surface area contributed by atoms with Crippen LogP contribution in [0.3, 0.4) is 0 Å². The van der Waals surface area contributed by atoms with Crippen LogP contribution in [0, 0.1) is 0 Å². The zero-order valence-electron chi connectivity index (χ0n) is 9.84. The molecular formula is C9H16N2O6S. The third-order valence-corrected chi connectivity index (χ3v) is 4.61. The monoisotopic (exact) mass is 280 g/mol. The number of hydrogen-bond acceptors (Lipinski definition) is 5. The molecule has 0 aromatic heterocycles. The summed E-state index contributed by atoms with van der Waals surface area (Å²) in [6.07, 6.45) is 0.277. The number of aliphatic hydroxyl groups is 1. The van der Waals surface area contributed by atoms with Crippen LogP contribution in [0.25, 0.3) is 0 Å². The lowest BCUT2D eigenvalue weighted by molar-refractivity contribution is -0.140. The number of aliphatic hydroxyl groups excluding tert-OH is 1. The Kier molecular flexibility index (Phi) is 4.17. The van der Waals surface area contributed by atoms with Gasteiger partial charge in [-0.2, -0.15) is 0 Å². The Morgan fingerprint density at radius 2 is 2.06 bits per heavy atom. The Labute approximate surface area is 104 Å². The molecule has 2 amide bonds. The number of rotatable bonds is 4. The van der Waals surface area contributed by atoms with Crippen molar-refractivity contribution in [1.29, 1.82) is 0 Å². The Morgan fingerprint density at radius 1 is 1.44 bits per heavy atom. The first-order valence-electron chi connectivity index (χ1n) is 5.30. The highest BCUT2D eigenvalue weighted by Gasteiger charge is 2.39. The summed E-state index contributed by atoms with van der Waals surface area (Å²) in [6, 6.07) is -2.22. The molecule has 1 unspecified atom stereocenters. The highest BCUT2D eigenvalue weighted by molar-refractivity contribution is 7.91. The molecule has 4 N–H and O–H groups in total. The third-order valence-electron chi connectivity index (χ3n) is 2.70. The number of aliphatic carboxylic acids is 1. The molecule has 0 spiro atoms. The maximum absolute atomic E-state index is 11.5. The van der Waals surface area contributed by atoms with E-state index in [1.165, 1.54) is 0 Å². The van der Waals surface area contributed by atoms with E-state index < -0.39 is 40.0 Å². The lowest BCUT2D eigenvalue weighted by Crippen LogP contribution is -2.55.